The Morgan fingerprint density at radius 2 is 1.92 bits per heavy atom. The van der Waals surface area contributed by atoms with E-state index in [0.717, 1.165) is 29.5 Å². The van der Waals surface area contributed by atoms with E-state index in [-0.39, 0.29) is 0 Å². The van der Waals surface area contributed by atoms with Crippen LogP contribution in [-0.2, 0) is 0 Å². The Labute approximate surface area is 154 Å². The molecule has 3 rings (SSSR count). The van der Waals surface area contributed by atoms with Crippen molar-refractivity contribution < 1.29 is 4.79 Å². The van der Waals surface area contributed by atoms with Gasteiger partial charge in [0.25, 0.3) is 0 Å². The van der Waals surface area contributed by atoms with Crippen molar-refractivity contribution in [2.45, 2.75) is 52.5 Å². The Kier molecular flexibility index (Phi) is 4.92. The van der Waals surface area contributed by atoms with E-state index < -0.39 is 5.91 Å². The highest BCUT2D eigenvalue weighted by Crippen LogP contribution is 2.39. The minimum Gasteiger partial charge on any atom is -0.366 e. The van der Waals surface area contributed by atoms with Crippen molar-refractivity contribution >= 4 is 34.1 Å². The van der Waals surface area contributed by atoms with E-state index in [4.69, 9.17) is 17.3 Å². The van der Waals surface area contributed by atoms with Crippen molar-refractivity contribution in [2.24, 2.45) is 17.1 Å². The minimum atomic E-state index is -0.454. The average molecular weight is 360 g/mol. The summed E-state index contributed by atoms with van der Waals surface area (Å²) in [5, 5.41) is 5.76. The number of hydrogen-bond acceptors (Lipinski definition) is 3. The monoisotopic (exact) mass is 359 g/mol. The molecule has 1 heterocycles. The van der Waals surface area contributed by atoms with Crippen LogP contribution in [0.2, 0.25) is 5.02 Å². The Hall–Kier alpha value is -1.81. The van der Waals surface area contributed by atoms with Crippen LogP contribution in [0.1, 0.15) is 56.8 Å². The third-order valence-corrected chi connectivity index (χ3v) is 5.79. The van der Waals surface area contributed by atoms with E-state index in [1.807, 2.05) is 6.07 Å². The van der Waals surface area contributed by atoms with E-state index >= 15 is 0 Å². The number of anilines is 1. The van der Waals surface area contributed by atoms with E-state index in [9.17, 15) is 4.79 Å². The fourth-order valence-electron chi connectivity index (χ4n) is 3.73. The zero-order valence-electron chi connectivity index (χ0n) is 15.1. The predicted octanol–water partition coefficient (Wildman–Crippen LogP) is 5.00. The topological polar surface area (TPSA) is 68.0 Å². The van der Waals surface area contributed by atoms with Crippen LogP contribution in [0.3, 0.4) is 0 Å². The van der Waals surface area contributed by atoms with Gasteiger partial charge in [0.1, 0.15) is 5.82 Å². The smallest absolute Gasteiger partial charge is 0.248 e. The van der Waals surface area contributed by atoms with Gasteiger partial charge in [0.15, 0.2) is 0 Å². The highest BCUT2D eigenvalue weighted by Gasteiger charge is 2.30. The van der Waals surface area contributed by atoms with E-state index in [2.05, 4.69) is 31.1 Å². The van der Waals surface area contributed by atoms with E-state index in [1.165, 1.54) is 12.8 Å². The Morgan fingerprint density at radius 1 is 1.24 bits per heavy atom. The summed E-state index contributed by atoms with van der Waals surface area (Å²) in [7, 11) is 0. The van der Waals surface area contributed by atoms with Crippen molar-refractivity contribution in [2.75, 3.05) is 5.32 Å². The maximum absolute atomic E-state index is 11.4. The van der Waals surface area contributed by atoms with Crippen molar-refractivity contribution in [3.63, 3.8) is 0 Å². The summed E-state index contributed by atoms with van der Waals surface area (Å²) in [6.07, 6.45) is 6.48. The zero-order valence-corrected chi connectivity index (χ0v) is 15.9. The number of nitrogens with two attached hydrogens (primary N) is 1. The van der Waals surface area contributed by atoms with E-state index in [1.54, 1.807) is 18.3 Å². The normalized spacial score (nSPS) is 21.3. The third kappa shape index (κ3) is 3.90. The number of nitrogens with zero attached hydrogens (tertiary/aromatic N) is 1. The Balaban J connectivity index is 1.78. The van der Waals surface area contributed by atoms with Crippen molar-refractivity contribution in [1.82, 2.24) is 4.98 Å². The van der Waals surface area contributed by atoms with Gasteiger partial charge in [0, 0.05) is 28.6 Å². The molecule has 1 fully saturated rings. The van der Waals surface area contributed by atoms with Crippen LogP contribution in [0.4, 0.5) is 5.82 Å². The summed E-state index contributed by atoms with van der Waals surface area (Å²) in [4.78, 5) is 15.9. The van der Waals surface area contributed by atoms with Crippen LogP contribution in [0.15, 0.2) is 24.4 Å². The minimum absolute atomic E-state index is 0.370. The fourth-order valence-corrected chi connectivity index (χ4v) is 4.00. The fraction of sp³-hybridized carbons (Fsp3) is 0.500. The first-order chi connectivity index (χ1) is 11.8. The first kappa shape index (κ1) is 18.0. The lowest BCUT2D eigenvalue weighted by atomic mass is 9.71. The molecule has 1 aliphatic carbocycles. The van der Waals surface area contributed by atoms with Gasteiger partial charge >= 0.3 is 0 Å². The molecule has 0 saturated heterocycles. The molecule has 1 saturated carbocycles. The number of carbonyl (C=O) groups excluding carboxylic acids is 1. The number of rotatable bonds is 3. The largest absolute Gasteiger partial charge is 0.366 e. The number of fused-ring (bicyclic) bond motifs is 1. The molecule has 2 aromatic rings. The zero-order chi connectivity index (χ0) is 18.2. The standard InChI is InChI=1S/C20H26ClN3O/c1-20(2,3)14-6-8-15(9-7-14)24-19-17(21)16-10-12(18(22)25)4-5-13(16)11-23-19/h4-5,10-11,14-15H,6-9H2,1-3H3,(H2,22,25)(H,23,24). The van der Waals surface area contributed by atoms with Gasteiger partial charge in [0.2, 0.25) is 5.91 Å². The van der Waals surface area contributed by atoms with Crippen LogP contribution >= 0.6 is 11.6 Å². The molecule has 0 bridgehead atoms. The molecule has 0 unspecified atom stereocenters. The number of carbonyl (C=O) groups is 1. The summed E-state index contributed by atoms with van der Waals surface area (Å²) in [5.41, 5.74) is 6.20. The van der Waals surface area contributed by atoms with Gasteiger partial charge in [-0.15, -0.1) is 0 Å². The lowest BCUT2D eigenvalue weighted by molar-refractivity contribution is 0.100. The summed E-state index contributed by atoms with van der Waals surface area (Å²) in [5.74, 6) is 1.00. The van der Waals surface area contributed by atoms with Gasteiger partial charge in [-0.2, -0.15) is 0 Å². The molecule has 0 atom stereocenters. The summed E-state index contributed by atoms with van der Waals surface area (Å²) in [6.45, 7) is 6.97. The van der Waals surface area contributed by atoms with Crippen LogP contribution in [0.25, 0.3) is 10.8 Å². The summed E-state index contributed by atoms with van der Waals surface area (Å²) in [6, 6.07) is 5.65. The lowest BCUT2D eigenvalue weighted by Crippen LogP contribution is -2.31. The molecule has 0 aliphatic heterocycles. The molecular weight excluding hydrogens is 334 g/mol. The predicted molar refractivity (Wildman–Crippen MR) is 104 cm³/mol. The molecule has 3 N–H and O–H groups in total. The summed E-state index contributed by atoms with van der Waals surface area (Å²) < 4.78 is 0. The van der Waals surface area contributed by atoms with Crippen LogP contribution in [0, 0.1) is 11.3 Å². The first-order valence-electron chi connectivity index (χ1n) is 8.90. The molecule has 134 valence electrons. The van der Waals surface area contributed by atoms with Crippen molar-refractivity contribution in [3.05, 3.63) is 35.0 Å². The van der Waals surface area contributed by atoms with Gasteiger partial charge in [-0.05, 0) is 49.1 Å². The number of nitrogens with one attached hydrogen (secondary N) is 1. The van der Waals surface area contributed by atoms with Crippen LogP contribution in [-0.4, -0.2) is 16.9 Å². The second-order valence-corrected chi connectivity index (χ2v) is 8.52. The third-order valence-electron chi connectivity index (χ3n) is 5.41. The van der Waals surface area contributed by atoms with Crippen LogP contribution < -0.4 is 11.1 Å². The van der Waals surface area contributed by atoms with Gasteiger partial charge in [0.05, 0.1) is 5.02 Å². The molecule has 4 nitrogen and oxygen atoms in total. The molecule has 25 heavy (non-hydrogen) atoms. The number of benzene rings is 1. The molecular formula is C20H26ClN3O. The second-order valence-electron chi connectivity index (χ2n) is 8.15. The first-order valence-corrected chi connectivity index (χ1v) is 9.28. The molecule has 0 spiro atoms. The maximum Gasteiger partial charge on any atom is 0.248 e. The molecule has 1 aliphatic rings. The van der Waals surface area contributed by atoms with Gasteiger partial charge in [-0.1, -0.05) is 38.4 Å². The molecule has 1 aromatic carbocycles. The number of hydrogen-bond donors (Lipinski definition) is 2. The quantitative estimate of drug-likeness (QED) is 0.809. The highest BCUT2D eigenvalue weighted by molar-refractivity contribution is 6.38. The van der Waals surface area contributed by atoms with Gasteiger partial charge < -0.3 is 11.1 Å². The van der Waals surface area contributed by atoms with Gasteiger partial charge in [-0.25, -0.2) is 4.98 Å². The Bertz CT molecular complexity index is 789. The molecule has 1 aromatic heterocycles. The average Bonchev–Trinajstić information content (AvgIpc) is 2.57. The van der Waals surface area contributed by atoms with Crippen molar-refractivity contribution in [3.8, 4) is 0 Å². The van der Waals surface area contributed by atoms with E-state index in [0.29, 0.717) is 27.9 Å². The van der Waals surface area contributed by atoms with Crippen LogP contribution in [0.5, 0.6) is 0 Å². The molecule has 1 amide bonds. The number of amides is 1. The number of aromatic nitrogens is 1. The number of pyridine rings is 1. The Morgan fingerprint density at radius 3 is 2.52 bits per heavy atom. The molecule has 5 heteroatoms. The lowest BCUT2D eigenvalue weighted by Gasteiger charge is -2.37. The second kappa shape index (κ2) is 6.83. The van der Waals surface area contributed by atoms with Crippen molar-refractivity contribution in [1.29, 1.82) is 0 Å². The maximum atomic E-state index is 11.4. The number of primary amides is 1. The SMILES string of the molecule is CC(C)(C)C1CCC(Nc2ncc3ccc(C(N)=O)cc3c2Cl)CC1. The highest BCUT2D eigenvalue weighted by atomic mass is 35.5. The molecule has 0 radical (unpaired) electrons. The summed E-state index contributed by atoms with van der Waals surface area (Å²) >= 11 is 6.56. The van der Waals surface area contributed by atoms with Gasteiger partial charge in [-0.3, -0.25) is 4.79 Å². The number of halogens is 1.